The third kappa shape index (κ3) is 4.09. The summed E-state index contributed by atoms with van der Waals surface area (Å²) in [5, 5.41) is 6.99. The van der Waals surface area contributed by atoms with Crippen LogP contribution in [0.25, 0.3) is 11.3 Å². The van der Waals surface area contributed by atoms with Gasteiger partial charge in [-0.3, -0.25) is 4.79 Å². The van der Waals surface area contributed by atoms with Crippen molar-refractivity contribution < 1.29 is 9.53 Å². The fraction of sp³-hybridized carbons (Fsp3) is 0.238. The molecule has 0 saturated heterocycles. The first-order valence-electron chi connectivity index (χ1n) is 8.87. The van der Waals surface area contributed by atoms with Gasteiger partial charge in [-0.05, 0) is 56.7 Å². The zero-order chi connectivity index (χ0) is 20.3. The third-order valence-corrected chi connectivity index (χ3v) is 4.49. The molecule has 1 atom stereocenters. The van der Waals surface area contributed by atoms with E-state index in [4.69, 9.17) is 4.74 Å². The van der Waals surface area contributed by atoms with E-state index < -0.39 is 11.7 Å². The zero-order valence-corrected chi connectivity index (χ0v) is 16.3. The molecule has 1 heterocycles. The smallest absolute Gasteiger partial charge is 0.365 e. The lowest BCUT2D eigenvalue weighted by atomic mass is 10.1. The molecule has 0 spiro atoms. The molecule has 0 radical (unpaired) electrons. The Morgan fingerprint density at radius 1 is 1.14 bits per heavy atom. The topological polar surface area (TPSA) is 86.1 Å². The van der Waals surface area contributed by atoms with E-state index in [1.165, 1.54) is 6.20 Å². The standard InChI is InChI=1S/C21H22N4O3/c1-13-5-10-18(14(2)11-13)23-20(26)15(3)25-21(27)24-19(12-22-25)16-6-8-17(28-4)9-7-16/h5-12,15H,1-4H3,(H,23,26)/t15-/m1/s1. The molecule has 144 valence electrons. The van der Waals surface area contributed by atoms with Crippen molar-refractivity contribution in [2.45, 2.75) is 26.8 Å². The van der Waals surface area contributed by atoms with Crippen molar-refractivity contribution in [1.29, 1.82) is 0 Å². The molecule has 0 unspecified atom stereocenters. The van der Waals surface area contributed by atoms with Gasteiger partial charge >= 0.3 is 5.69 Å². The van der Waals surface area contributed by atoms with Gasteiger partial charge < -0.3 is 10.1 Å². The lowest BCUT2D eigenvalue weighted by molar-refractivity contribution is -0.119. The highest BCUT2D eigenvalue weighted by atomic mass is 16.5. The van der Waals surface area contributed by atoms with Gasteiger partial charge in [-0.1, -0.05) is 17.7 Å². The van der Waals surface area contributed by atoms with Crippen LogP contribution in [0, 0.1) is 13.8 Å². The van der Waals surface area contributed by atoms with Crippen LogP contribution >= 0.6 is 0 Å². The Kier molecular flexibility index (Phi) is 5.54. The monoisotopic (exact) mass is 378 g/mol. The summed E-state index contributed by atoms with van der Waals surface area (Å²) in [7, 11) is 1.58. The molecule has 3 rings (SSSR count). The van der Waals surface area contributed by atoms with Gasteiger partial charge in [-0.25, -0.2) is 9.48 Å². The van der Waals surface area contributed by atoms with Crippen LogP contribution in [0.15, 0.2) is 53.5 Å². The third-order valence-electron chi connectivity index (χ3n) is 4.49. The maximum absolute atomic E-state index is 12.6. The van der Waals surface area contributed by atoms with Gasteiger partial charge in [-0.2, -0.15) is 10.1 Å². The van der Waals surface area contributed by atoms with Gasteiger partial charge in [0.25, 0.3) is 0 Å². The van der Waals surface area contributed by atoms with E-state index in [1.54, 1.807) is 38.3 Å². The summed E-state index contributed by atoms with van der Waals surface area (Å²) in [5.74, 6) is 0.377. The molecule has 0 aliphatic rings. The SMILES string of the molecule is COc1ccc(-c2cnn([C@H](C)C(=O)Nc3ccc(C)cc3C)c(=O)n2)cc1. The van der Waals surface area contributed by atoms with Gasteiger partial charge in [0.1, 0.15) is 11.8 Å². The van der Waals surface area contributed by atoms with Crippen LogP contribution in [-0.4, -0.2) is 27.8 Å². The summed E-state index contributed by atoms with van der Waals surface area (Å²) in [6.07, 6.45) is 1.48. The quantitative estimate of drug-likeness (QED) is 0.737. The number of ether oxygens (including phenoxy) is 1. The predicted octanol–water partition coefficient (Wildman–Crippen LogP) is 3.13. The van der Waals surface area contributed by atoms with Gasteiger partial charge in [-0.15, -0.1) is 0 Å². The molecule has 1 aromatic heterocycles. The number of rotatable bonds is 5. The summed E-state index contributed by atoms with van der Waals surface area (Å²) in [5.41, 5.74) is 3.36. The van der Waals surface area contributed by atoms with Crippen molar-refractivity contribution >= 4 is 11.6 Å². The van der Waals surface area contributed by atoms with Crippen LogP contribution in [0.1, 0.15) is 24.1 Å². The minimum absolute atomic E-state index is 0.333. The predicted molar refractivity (Wildman–Crippen MR) is 108 cm³/mol. The first-order chi connectivity index (χ1) is 13.4. The molecule has 7 heteroatoms. The minimum atomic E-state index is -0.800. The number of benzene rings is 2. The van der Waals surface area contributed by atoms with Crippen LogP contribution in [0.2, 0.25) is 0 Å². The van der Waals surface area contributed by atoms with Gasteiger partial charge in [0.05, 0.1) is 19.0 Å². The van der Waals surface area contributed by atoms with E-state index in [2.05, 4.69) is 15.4 Å². The first-order valence-corrected chi connectivity index (χ1v) is 8.87. The summed E-state index contributed by atoms with van der Waals surface area (Å²) < 4.78 is 6.20. The highest BCUT2D eigenvalue weighted by Gasteiger charge is 2.19. The average molecular weight is 378 g/mol. The number of hydrogen-bond donors (Lipinski definition) is 1. The van der Waals surface area contributed by atoms with Gasteiger partial charge in [0.15, 0.2) is 0 Å². The van der Waals surface area contributed by atoms with Crippen LogP contribution in [0.5, 0.6) is 5.75 Å². The molecule has 0 aliphatic heterocycles. The Morgan fingerprint density at radius 3 is 2.46 bits per heavy atom. The second kappa shape index (κ2) is 8.04. The molecule has 1 amide bonds. The Balaban J connectivity index is 1.80. The maximum atomic E-state index is 12.6. The number of methoxy groups -OCH3 is 1. The average Bonchev–Trinajstić information content (AvgIpc) is 2.69. The number of carbonyl (C=O) groups excluding carboxylic acids is 1. The number of amides is 1. The molecular weight excluding hydrogens is 356 g/mol. The Labute approximate surface area is 163 Å². The van der Waals surface area contributed by atoms with E-state index in [9.17, 15) is 9.59 Å². The number of nitrogens with one attached hydrogen (secondary N) is 1. The van der Waals surface area contributed by atoms with E-state index >= 15 is 0 Å². The number of carbonyl (C=O) groups is 1. The van der Waals surface area contributed by atoms with Crippen molar-refractivity contribution in [2.24, 2.45) is 0 Å². The molecule has 0 fully saturated rings. The number of aryl methyl sites for hydroxylation is 2. The normalized spacial score (nSPS) is 11.7. The second-order valence-corrected chi connectivity index (χ2v) is 6.58. The number of aromatic nitrogens is 3. The minimum Gasteiger partial charge on any atom is -0.497 e. The van der Waals surface area contributed by atoms with Crippen LogP contribution in [0.3, 0.4) is 0 Å². The van der Waals surface area contributed by atoms with Gasteiger partial charge in [0.2, 0.25) is 5.91 Å². The Bertz CT molecular complexity index is 1060. The van der Waals surface area contributed by atoms with Crippen molar-refractivity contribution in [3.8, 4) is 17.0 Å². The number of nitrogens with zero attached hydrogens (tertiary/aromatic N) is 3. The van der Waals surface area contributed by atoms with E-state index in [-0.39, 0.29) is 5.91 Å². The van der Waals surface area contributed by atoms with Crippen LogP contribution in [0.4, 0.5) is 5.69 Å². The zero-order valence-electron chi connectivity index (χ0n) is 16.3. The van der Waals surface area contributed by atoms with Gasteiger partial charge in [0, 0.05) is 11.3 Å². The Hall–Kier alpha value is -3.48. The van der Waals surface area contributed by atoms with Crippen molar-refractivity contribution in [3.63, 3.8) is 0 Å². The molecule has 7 nitrogen and oxygen atoms in total. The highest BCUT2D eigenvalue weighted by molar-refractivity contribution is 5.94. The van der Waals surface area contributed by atoms with Crippen LogP contribution < -0.4 is 15.7 Å². The number of anilines is 1. The summed E-state index contributed by atoms with van der Waals surface area (Å²) in [6, 6.07) is 12.1. The molecule has 2 aromatic carbocycles. The highest BCUT2D eigenvalue weighted by Crippen LogP contribution is 2.20. The summed E-state index contributed by atoms with van der Waals surface area (Å²) in [4.78, 5) is 29.1. The summed E-state index contributed by atoms with van der Waals surface area (Å²) >= 11 is 0. The maximum Gasteiger partial charge on any atom is 0.365 e. The molecule has 28 heavy (non-hydrogen) atoms. The van der Waals surface area contributed by atoms with E-state index in [1.807, 2.05) is 32.0 Å². The van der Waals surface area contributed by atoms with Crippen molar-refractivity contribution in [1.82, 2.24) is 14.8 Å². The lowest BCUT2D eigenvalue weighted by Gasteiger charge is -2.15. The molecule has 0 saturated carbocycles. The Morgan fingerprint density at radius 2 is 1.86 bits per heavy atom. The first kappa shape index (κ1) is 19.3. The van der Waals surface area contributed by atoms with E-state index in [0.717, 1.165) is 21.4 Å². The largest absolute Gasteiger partial charge is 0.497 e. The summed E-state index contributed by atoms with van der Waals surface area (Å²) in [6.45, 7) is 5.52. The molecular formula is C21H22N4O3. The van der Waals surface area contributed by atoms with E-state index in [0.29, 0.717) is 17.1 Å². The van der Waals surface area contributed by atoms with Crippen LogP contribution in [-0.2, 0) is 4.79 Å². The molecule has 3 aromatic rings. The number of hydrogen-bond acceptors (Lipinski definition) is 5. The van der Waals surface area contributed by atoms with Crippen molar-refractivity contribution in [2.75, 3.05) is 12.4 Å². The molecule has 0 bridgehead atoms. The lowest BCUT2D eigenvalue weighted by Crippen LogP contribution is -2.35. The molecule has 1 N–H and O–H groups in total. The second-order valence-electron chi connectivity index (χ2n) is 6.58. The fourth-order valence-electron chi connectivity index (χ4n) is 2.82. The fourth-order valence-corrected chi connectivity index (χ4v) is 2.82. The van der Waals surface area contributed by atoms with Crippen molar-refractivity contribution in [3.05, 3.63) is 70.3 Å². The molecule has 0 aliphatic carbocycles.